The summed E-state index contributed by atoms with van der Waals surface area (Å²) in [5, 5.41) is 0. The van der Waals surface area contributed by atoms with Crippen LogP contribution in [-0.2, 0) is 14.3 Å². The van der Waals surface area contributed by atoms with Crippen molar-refractivity contribution in [3.05, 3.63) is 59.9 Å². The normalized spacial score (nSPS) is 11.3. The molecule has 0 saturated carbocycles. The summed E-state index contributed by atoms with van der Waals surface area (Å²) in [5.41, 5.74) is 0.151. The molecular formula is C25H29FO6. The van der Waals surface area contributed by atoms with Crippen LogP contribution in [0.4, 0.5) is 4.39 Å². The second kappa shape index (κ2) is 11.9. The van der Waals surface area contributed by atoms with Crippen LogP contribution in [0.2, 0.25) is 0 Å². The fraction of sp³-hybridized carbons (Fsp3) is 0.360. The van der Waals surface area contributed by atoms with E-state index >= 15 is 0 Å². The number of ketones is 1. The van der Waals surface area contributed by atoms with E-state index < -0.39 is 11.4 Å². The van der Waals surface area contributed by atoms with Crippen LogP contribution in [-0.4, -0.2) is 38.2 Å². The minimum absolute atomic E-state index is 0.150. The van der Waals surface area contributed by atoms with E-state index in [0.717, 1.165) is 0 Å². The van der Waals surface area contributed by atoms with Gasteiger partial charge in [-0.2, -0.15) is 0 Å². The van der Waals surface area contributed by atoms with Crippen molar-refractivity contribution in [1.82, 2.24) is 0 Å². The van der Waals surface area contributed by atoms with Crippen LogP contribution >= 0.6 is 0 Å². The minimum Gasteiger partial charge on any atom is -0.490 e. The molecule has 0 N–H and O–H groups in total. The number of ether oxygens (including phenoxy) is 4. The molecule has 0 radical (unpaired) electrons. The highest BCUT2D eigenvalue weighted by molar-refractivity contribution is 5.91. The van der Waals surface area contributed by atoms with Gasteiger partial charge in [-0.3, -0.25) is 4.79 Å². The number of Topliss-reactive ketones (excluding diaryl/α,β-unsaturated/α-hetero) is 1. The Balaban J connectivity index is 1.90. The first-order valence-electron chi connectivity index (χ1n) is 10.3. The standard InChI is InChI=1S/C25H29FO6/c1-5-29-22-16-18(7-13-24(28)32-17-23(27)25(2,3)4)6-12-21(22)31-15-14-30-20-10-8-19(26)9-11-20/h6-13,16H,5,14-15,17H2,1-4H3/b13-7+. The Hall–Kier alpha value is -3.35. The van der Waals surface area contributed by atoms with Gasteiger partial charge in [0.1, 0.15) is 24.8 Å². The predicted molar refractivity (Wildman–Crippen MR) is 119 cm³/mol. The molecule has 0 amide bonds. The molecule has 2 aromatic rings. The lowest BCUT2D eigenvalue weighted by Crippen LogP contribution is -2.25. The molecule has 172 valence electrons. The maximum atomic E-state index is 12.9. The van der Waals surface area contributed by atoms with E-state index in [2.05, 4.69) is 0 Å². The summed E-state index contributed by atoms with van der Waals surface area (Å²) in [4.78, 5) is 23.7. The molecule has 0 heterocycles. The van der Waals surface area contributed by atoms with Crippen molar-refractivity contribution >= 4 is 17.8 Å². The highest BCUT2D eigenvalue weighted by Crippen LogP contribution is 2.29. The molecule has 0 saturated heterocycles. The topological polar surface area (TPSA) is 71.1 Å². The highest BCUT2D eigenvalue weighted by Gasteiger charge is 2.22. The van der Waals surface area contributed by atoms with E-state index in [1.54, 1.807) is 57.2 Å². The van der Waals surface area contributed by atoms with Gasteiger partial charge in [-0.25, -0.2) is 9.18 Å². The molecule has 2 aromatic carbocycles. The van der Waals surface area contributed by atoms with Crippen LogP contribution in [0, 0.1) is 11.2 Å². The molecule has 0 aliphatic carbocycles. The summed E-state index contributed by atoms with van der Waals surface area (Å²) < 4.78 is 34.8. The predicted octanol–water partition coefficient (Wildman–Crippen LogP) is 4.85. The van der Waals surface area contributed by atoms with Crippen molar-refractivity contribution in [2.24, 2.45) is 5.41 Å². The third-order valence-electron chi connectivity index (χ3n) is 4.28. The number of carbonyl (C=O) groups excluding carboxylic acids is 2. The van der Waals surface area contributed by atoms with Crippen LogP contribution in [0.25, 0.3) is 6.08 Å². The van der Waals surface area contributed by atoms with Crippen LogP contribution in [0.3, 0.4) is 0 Å². The number of esters is 1. The lowest BCUT2D eigenvalue weighted by atomic mass is 9.91. The monoisotopic (exact) mass is 444 g/mol. The Morgan fingerprint density at radius 1 is 0.938 bits per heavy atom. The molecule has 6 nitrogen and oxygen atoms in total. The van der Waals surface area contributed by atoms with E-state index in [1.807, 2.05) is 6.92 Å². The third kappa shape index (κ3) is 8.41. The Kier molecular flexibility index (Phi) is 9.25. The summed E-state index contributed by atoms with van der Waals surface area (Å²) in [7, 11) is 0. The Labute approximate surface area is 187 Å². The molecule has 0 aliphatic rings. The molecule has 0 aliphatic heterocycles. The van der Waals surface area contributed by atoms with Crippen molar-refractivity contribution in [2.45, 2.75) is 27.7 Å². The lowest BCUT2D eigenvalue weighted by molar-refractivity contribution is -0.145. The summed E-state index contributed by atoms with van der Waals surface area (Å²) in [6.45, 7) is 7.88. The summed E-state index contributed by atoms with van der Waals surface area (Å²) in [5.74, 6) is 0.534. The van der Waals surface area contributed by atoms with Gasteiger partial charge in [0.25, 0.3) is 0 Å². The van der Waals surface area contributed by atoms with E-state index in [0.29, 0.717) is 29.4 Å². The molecule has 0 fully saturated rings. The van der Waals surface area contributed by atoms with Gasteiger partial charge in [-0.15, -0.1) is 0 Å². The van der Waals surface area contributed by atoms with Crippen molar-refractivity contribution in [1.29, 1.82) is 0 Å². The van der Waals surface area contributed by atoms with Crippen molar-refractivity contribution < 1.29 is 32.9 Å². The van der Waals surface area contributed by atoms with E-state index in [-0.39, 0.29) is 31.4 Å². The number of benzene rings is 2. The maximum absolute atomic E-state index is 12.9. The molecule has 0 atom stereocenters. The van der Waals surface area contributed by atoms with Gasteiger partial charge in [0.15, 0.2) is 23.9 Å². The van der Waals surface area contributed by atoms with E-state index in [4.69, 9.17) is 18.9 Å². The van der Waals surface area contributed by atoms with E-state index in [1.165, 1.54) is 18.2 Å². The average molecular weight is 444 g/mol. The fourth-order valence-corrected chi connectivity index (χ4v) is 2.42. The number of hydrogen-bond acceptors (Lipinski definition) is 6. The SMILES string of the molecule is CCOc1cc(/C=C/C(=O)OCC(=O)C(C)(C)C)ccc1OCCOc1ccc(F)cc1. The molecule has 0 spiro atoms. The van der Waals surface area contributed by atoms with Crippen LogP contribution < -0.4 is 14.2 Å². The maximum Gasteiger partial charge on any atom is 0.331 e. The molecule has 0 unspecified atom stereocenters. The Morgan fingerprint density at radius 2 is 1.62 bits per heavy atom. The number of hydrogen-bond donors (Lipinski definition) is 0. The van der Waals surface area contributed by atoms with Gasteiger partial charge in [0.2, 0.25) is 0 Å². The first-order valence-corrected chi connectivity index (χ1v) is 10.3. The van der Waals surface area contributed by atoms with Gasteiger partial charge >= 0.3 is 5.97 Å². The number of carbonyl (C=O) groups is 2. The zero-order valence-corrected chi connectivity index (χ0v) is 18.9. The summed E-state index contributed by atoms with van der Waals surface area (Å²) >= 11 is 0. The van der Waals surface area contributed by atoms with E-state index in [9.17, 15) is 14.0 Å². The minimum atomic E-state index is -0.598. The van der Waals surface area contributed by atoms with Crippen molar-refractivity contribution in [3.8, 4) is 17.2 Å². The van der Waals surface area contributed by atoms with Crippen molar-refractivity contribution in [3.63, 3.8) is 0 Å². The highest BCUT2D eigenvalue weighted by atomic mass is 19.1. The van der Waals surface area contributed by atoms with Crippen LogP contribution in [0.1, 0.15) is 33.3 Å². The largest absolute Gasteiger partial charge is 0.490 e. The second-order valence-electron chi connectivity index (χ2n) is 7.90. The van der Waals surface area contributed by atoms with Gasteiger partial charge in [-0.1, -0.05) is 26.8 Å². The molecule has 2 rings (SSSR count). The van der Waals surface area contributed by atoms with Gasteiger partial charge in [-0.05, 0) is 55.0 Å². The number of halogens is 1. The fourth-order valence-electron chi connectivity index (χ4n) is 2.42. The zero-order valence-electron chi connectivity index (χ0n) is 18.9. The summed E-state index contributed by atoms with van der Waals surface area (Å²) in [6, 6.07) is 11.0. The van der Waals surface area contributed by atoms with Gasteiger partial charge < -0.3 is 18.9 Å². The van der Waals surface area contributed by atoms with Crippen LogP contribution in [0.5, 0.6) is 17.2 Å². The Morgan fingerprint density at radius 3 is 2.28 bits per heavy atom. The first kappa shape index (κ1) is 24.9. The molecule has 0 aromatic heterocycles. The third-order valence-corrected chi connectivity index (χ3v) is 4.28. The number of rotatable bonds is 11. The zero-order chi connectivity index (χ0) is 23.6. The quantitative estimate of drug-likeness (QED) is 0.280. The smallest absolute Gasteiger partial charge is 0.331 e. The van der Waals surface area contributed by atoms with Crippen LogP contribution in [0.15, 0.2) is 48.5 Å². The van der Waals surface area contributed by atoms with Gasteiger partial charge in [0.05, 0.1) is 6.61 Å². The lowest BCUT2D eigenvalue weighted by Gasteiger charge is -2.15. The molecule has 32 heavy (non-hydrogen) atoms. The summed E-state index contributed by atoms with van der Waals surface area (Å²) in [6.07, 6.45) is 2.84. The molecular weight excluding hydrogens is 415 g/mol. The molecule has 7 heteroatoms. The average Bonchev–Trinajstić information content (AvgIpc) is 2.75. The van der Waals surface area contributed by atoms with Gasteiger partial charge in [0, 0.05) is 11.5 Å². The Bertz CT molecular complexity index is 928. The second-order valence-corrected chi connectivity index (χ2v) is 7.90. The first-order chi connectivity index (χ1) is 15.2. The van der Waals surface area contributed by atoms with Crippen molar-refractivity contribution in [2.75, 3.05) is 26.4 Å². The molecule has 0 bridgehead atoms.